The number of piperazine rings is 1. The molecule has 6 nitrogen and oxygen atoms in total. The predicted molar refractivity (Wildman–Crippen MR) is 63.2 cm³/mol. The van der Waals surface area contributed by atoms with Gasteiger partial charge in [-0.25, -0.2) is 4.98 Å². The van der Waals surface area contributed by atoms with E-state index in [9.17, 15) is 9.59 Å². The zero-order chi connectivity index (χ0) is 12.4. The second-order valence-corrected chi connectivity index (χ2v) is 3.91. The van der Waals surface area contributed by atoms with E-state index in [0.29, 0.717) is 17.9 Å². The summed E-state index contributed by atoms with van der Waals surface area (Å²) in [4.78, 5) is 28.9. The van der Waals surface area contributed by atoms with Crippen molar-refractivity contribution >= 4 is 23.3 Å². The fourth-order valence-electron chi connectivity index (χ4n) is 1.90. The fourth-order valence-corrected chi connectivity index (χ4v) is 1.90. The number of nitrogen functional groups attached to an aromatic ring is 1. The van der Waals surface area contributed by atoms with Gasteiger partial charge in [-0.2, -0.15) is 0 Å². The molecule has 1 saturated heterocycles. The van der Waals surface area contributed by atoms with Crippen LogP contribution in [0.15, 0.2) is 18.3 Å². The van der Waals surface area contributed by atoms with Gasteiger partial charge in [-0.05, 0) is 12.5 Å². The third kappa shape index (κ3) is 2.20. The molecule has 2 rings (SSSR count). The van der Waals surface area contributed by atoms with Crippen LogP contribution in [0.3, 0.4) is 0 Å². The quantitative estimate of drug-likeness (QED) is 0.698. The topological polar surface area (TPSA) is 88.3 Å². The number of carbonyl (C=O) groups excluding carboxylic acids is 2. The first-order chi connectivity index (χ1) is 8.11. The number of hydrogen-bond acceptors (Lipinski definition) is 5. The van der Waals surface area contributed by atoms with Gasteiger partial charge in [0.2, 0.25) is 11.8 Å². The van der Waals surface area contributed by atoms with Crippen LogP contribution in [0, 0.1) is 0 Å². The van der Waals surface area contributed by atoms with Gasteiger partial charge in [0.05, 0.1) is 6.54 Å². The van der Waals surface area contributed by atoms with Crippen LogP contribution in [-0.2, 0) is 9.59 Å². The number of hydrogen-bond donors (Lipinski definition) is 2. The average molecular weight is 234 g/mol. The lowest BCUT2D eigenvalue weighted by molar-refractivity contribution is -0.132. The number of anilines is 2. The molecule has 17 heavy (non-hydrogen) atoms. The van der Waals surface area contributed by atoms with E-state index >= 15 is 0 Å². The fraction of sp³-hybridized carbons (Fsp3) is 0.364. The number of imide groups is 1. The van der Waals surface area contributed by atoms with Gasteiger partial charge in [-0.15, -0.1) is 0 Å². The Morgan fingerprint density at radius 1 is 1.59 bits per heavy atom. The van der Waals surface area contributed by atoms with E-state index in [1.807, 2.05) is 6.92 Å². The third-order valence-electron chi connectivity index (χ3n) is 2.71. The smallest absolute Gasteiger partial charge is 0.249 e. The predicted octanol–water partition coefficient (Wildman–Crippen LogP) is -0.0948. The van der Waals surface area contributed by atoms with Gasteiger partial charge in [-0.3, -0.25) is 14.9 Å². The zero-order valence-electron chi connectivity index (χ0n) is 9.51. The van der Waals surface area contributed by atoms with Crippen molar-refractivity contribution < 1.29 is 9.59 Å². The Kier molecular flexibility index (Phi) is 2.95. The molecule has 2 amide bonds. The Bertz CT molecular complexity index is 461. The van der Waals surface area contributed by atoms with Crippen LogP contribution < -0.4 is 16.0 Å². The standard InChI is InChI=1S/C11H14N4O2/c1-2-8-11(17)14-10(16)6-15(8)9-5-7(12)3-4-13-9/h3-5,8H,2,6H2,1H3,(H2,12,13)(H,14,16,17). The summed E-state index contributed by atoms with van der Waals surface area (Å²) in [7, 11) is 0. The van der Waals surface area contributed by atoms with Crippen molar-refractivity contribution in [2.45, 2.75) is 19.4 Å². The molecule has 0 aliphatic carbocycles. The Balaban J connectivity index is 2.34. The second-order valence-electron chi connectivity index (χ2n) is 3.91. The van der Waals surface area contributed by atoms with E-state index in [1.54, 1.807) is 23.2 Å². The van der Waals surface area contributed by atoms with Crippen LogP contribution in [0.2, 0.25) is 0 Å². The highest BCUT2D eigenvalue weighted by molar-refractivity contribution is 6.04. The Hall–Kier alpha value is -2.11. The average Bonchev–Trinajstić information content (AvgIpc) is 2.28. The third-order valence-corrected chi connectivity index (χ3v) is 2.71. The number of pyridine rings is 1. The van der Waals surface area contributed by atoms with Crippen molar-refractivity contribution in [1.82, 2.24) is 10.3 Å². The molecule has 2 heterocycles. The molecule has 1 aliphatic heterocycles. The summed E-state index contributed by atoms with van der Waals surface area (Å²) in [6, 6.07) is 2.95. The van der Waals surface area contributed by atoms with Crippen molar-refractivity contribution in [3.05, 3.63) is 18.3 Å². The minimum absolute atomic E-state index is 0.126. The summed E-state index contributed by atoms with van der Waals surface area (Å²) in [6.07, 6.45) is 2.17. The first-order valence-corrected chi connectivity index (χ1v) is 5.43. The second kappa shape index (κ2) is 4.40. The highest BCUT2D eigenvalue weighted by Crippen LogP contribution is 2.20. The highest BCUT2D eigenvalue weighted by atomic mass is 16.2. The van der Waals surface area contributed by atoms with E-state index in [4.69, 9.17) is 5.73 Å². The number of nitrogens with one attached hydrogen (secondary N) is 1. The van der Waals surface area contributed by atoms with Gasteiger partial charge in [0, 0.05) is 18.0 Å². The van der Waals surface area contributed by atoms with E-state index < -0.39 is 0 Å². The van der Waals surface area contributed by atoms with Gasteiger partial charge in [-0.1, -0.05) is 6.92 Å². The molecular formula is C11H14N4O2. The summed E-state index contributed by atoms with van der Waals surface area (Å²) in [6.45, 7) is 2.01. The summed E-state index contributed by atoms with van der Waals surface area (Å²) in [5, 5.41) is 2.32. The zero-order valence-corrected chi connectivity index (χ0v) is 9.51. The molecule has 1 unspecified atom stereocenters. The Morgan fingerprint density at radius 3 is 3.00 bits per heavy atom. The van der Waals surface area contributed by atoms with Gasteiger partial charge < -0.3 is 10.6 Å². The molecule has 1 aromatic rings. The van der Waals surface area contributed by atoms with Crippen LogP contribution >= 0.6 is 0 Å². The summed E-state index contributed by atoms with van der Waals surface area (Å²) >= 11 is 0. The van der Waals surface area contributed by atoms with Crippen molar-refractivity contribution in [2.75, 3.05) is 17.2 Å². The molecule has 0 radical (unpaired) electrons. The molecule has 1 fully saturated rings. The maximum Gasteiger partial charge on any atom is 0.249 e. The SMILES string of the molecule is CCC1C(=O)NC(=O)CN1c1cc(N)ccn1. The van der Waals surface area contributed by atoms with E-state index in [1.165, 1.54) is 0 Å². The molecule has 90 valence electrons. The van der Waals surface area contributed by atoms with Gasteiger partial charge in [0.1, 0.15) is 11.9 Å². The summed E-state index contributed by atoms with van der Waals surface area (Å²) in [5.74, 6) is -0.0445. The number of aromatic nitrogens is 1. The molecule has 1 atom stereocenters. The molecule has 1 aromatic heterocycles. The molecule has 1 aliphatic rings. The highest BCUT2D eigenvalue weighted by Gasteiger charge is 2.33. The van der Waals surface area contributed by atoms with Gasteiger partial charge in [0.25, 0.3) is 0 Å². The van der Waals surface area contributed by atoms with Crippen molar-refractivity contribution in [3.63, 3.8) is 0 Å². The number of nitrogens with two attached hydrogens (primary N) is 1. The first kappa shape index (κ1) is 11.4. The van der Waals surface area contributed by atoms with Crippen molar-refractivity contribution in [2.24, 2.45) is 0 Å². The normalized spacial score (nSPS) is 20.3. The Morgan fingerprint density at radius 2 is 2.35 bits per heavy atom. The van der Waals surface area contributed by atoms with Crippen LogP contribution in [0.1, 0.15) is 13.3 Å². The molecule has 0 saturated carbocycles. The van der Waals surface area contributed by atoms with Crippen LogP contribution in [0.4, 0.5) is 11.5 Å². The van der Waals surface area contributed by atoms with E-state index in [0.717, 1.165) is 0 Å². The largest absolute Gasteiger partial charge is 0.399 e. The lowest BCUT2D eigenvalue weighted by Crippen LogP contribution is -2.58. The van der Waals surface area contributed by atoms with E-state index in [2.05, 4.69) is 10.3 Å². The van der Waals surface area contributed by atoms with Crippen LogP contribution in [0.25, 0.3) is 0 Å². The summed E-state index contributed by atoms with van der Waals surface area (Å²) < 4.78 is 0. The lowest BCUT2D eigenvalue weighted by Gasteiger charge is -2.34. The number of carbonyl (C=O) groups is 2. The maximum atomic E-state index is 11.7. The number of amides is 2. The molecule has 6 heteroatoms. The molecular weight excluding hydrogens is 220 g/mol. The number of nitrogens with zero attached hydrogens (tertiary/aromatic N) is 2. The van der Waals surface area contributed by atoms with Gasteiger partial charge >= 0.3 is 0 Å². The monoisotopic (exact) mass is 234 g/mol. The maximum absolute atomic E-state index is 11.7. The molecule has 3 N–H and O–H groups in total. The molecule has 0 spiro atoms. The Labute approximate surface area is 98.8 Å². The van der Waals surface area contributed by atoms with Crippen LogP contribution in [-0.4, -0.2) is 29.4 Å². The van der Waals surface area contributed by atoms with Gasteiger partial charge in [0.15, 0.2) is 0 Å². The minimum Gasteiger partial charge on any atom is -0.399 e. The molecule has 0 bridgehead atoms. The molecule has 0 aromatic carbocycles. The lowest BCUT2D eigenvalue weighted by atomic mass is 10.1. The van der Waals surface area contributed by atoms with E-state index in [-0.39, 0.29) is 24.4 Å². The number of rotatable bonds is 2. The minimum atomic E-state index is -0.373. The van der Waals surface area contributed by atoms with Crippen LogP contribution in [0.5, 0.6) is 0 Å². The van der Waals surface area contributed by atoms with Crippen molar-refractivity contribution in [1.29, 1.82) is 0 Å². The van der Waals surface area contributed by atoms with Crippen molar-refractivity contribution in [3.8, 4) is 0 Å². The first-order valence-electron chi connectivity index (χ1n) is 5.43. The summed E-state index contributed by atoms with van der Waals surface area (Å²) in [5.41, 5.74) is 6.23.